The van der Waals surface area contributed by atoms with Gasteiger partial charge in [0.15, 0.2) is 0 Å². The van der Waals surface area contributed by atoms with Gasteiger partial charge in [-0.3, -0.25) is 9.69 Å². The van der Waals surface area contributed by atoms with E-state index in [1.54, 1.807) is 11.8 Å². The summed E-state index contributed by atoms with van der Waals surface area (Å²) in [6, 6.07) is -0.202. The van der Waals surface area contributed by atoms with Gasteiger partial charge < -0.3 is 10.1 Å². The van der Waals surface area contributed by atoms with Crippen LogP contribution in [0.15, 0.2) is 0 Å². The van der Waals surface area contributed by atoms with Crippen molar-refractivity contribution >= 4 is 23.7 Å². The van der Waals surface area contributed by atoms with Gasteiger partial charge >= 0.3 is 6.03 Å². The average Bonchev–Trinajstić information content (AvgIpc) is 2.88. The Labute approximate surface area is 117 Å². The third-order valence-corrected chi connectivity index (χ3v) is 5.49. The number of amides is 3. The minimum atomic E-state index is -0.592. The number of imide groups is 1. The molecular weight excluding hydrogens is 264 g/mol. The number of carbonyl (C=O) groups excluding carboxylic acids is 2. The lowest BCUT2D eigenvalue weighted by atomic mass is 9.82. The highest BCUT2D eigenvalue weighted by molar-refractivity contribution is 7.99. The first-order valence-electron chi connectivity index (χ1n) is 6.98. The smallest absolute Gasteiger partial charge is 0.325 e. The molecule has 5 nitrogen and oxygen atoms in total. The molecule has 1 aliphatic carbocycles. The molecule has 3 fully saturated rings. The predicted octanol–water partition coefficient (Wildman–Crippen LogP) is 1.23. The molecule has 3 amide bonds. The first kappa shape index (κ1) is 13.2. The van der Waals surface area contributed by atoms with E-state index in [-0.39, 0.29) is 11.9 Å². The van der Waals surface area contributed by atoms with E-state index in [1.807, 2.05) is 6.92 Å². The fourth-order valence-corrected chi connectivity index (χ4v) is 4.45. The van der Waals surface area contributed by atoms with Gasteiger partial charge in [0, 0.05) is 18.9 Å². The van der Waals surface area contributed by atoms with Gasteiger partial charge in [-0.2, -0.15) is 11.8 Å². The van der Waals surface area contributed by atoms with E-state index >= 15 is 0 Å². The highest BCUT2D eigenvalue weighted by Crippen LogP contribution is 2.36. The summed E-state index contributed by atoms with van der Waals surface area (Å²) in [5.74, 6) is 2.08. The predicted molar refractivity (Wildman–Crippen MR) is 73.1 cm³/mol. The summed E-state index contributed by atoms with van der Waals surface area (Å²) in [4.78, 5) is 25.8. The van der Waals surface area contributed by atoms with Crippen molar-refractivity contribution in [2.24, 2.45) is 5.92 Å². The van der Waals surface area contributed by atoms with Crippen LogP contribution >= 0.6 is 11.8 Å². The lowest BCUT2D eigenvalue weighted by molar-refractivity contribution is -0.132. The van der Waals surface area contributed by atoms with Gasteiger partial charge in [-0.25, -0.2) is 4.79 Å². The van der Waals surface area contributed by atoms with Crippen molar-refractivity contribution in [3.05, 3.63) is 0 Å². The van der Waals surface area contributed by atoms with Crippen molar-refractivity contribution in [3.63, 3.8) is 0 Å². The number of ether oxygens (including phenoxy) is 1. The largest absolute Gasteiger partial charge is 0.378 e. The van der Waals surface area contributed by atoms with Crippen molar-refractivity contribution in [2.45, 2.75) is 37.8 Å². The molecule has 106 valence electrons. The van der Waals surface area contributed by atoms with Gasteiger partial charge in [-0.15, -0.1) is 0 Å². The molecule has 3 rings (SSSR count). The molecule has 1 atom stereocenters. The highest BCUT2D eigenvalue weighted by Gasteiger charge is 2.53. The molecule has 19 heavy (non-hydrogen) atoms. The Kier molecular flexibility index (Phi) is 3.47. The van der Waals surface area contributed by atoms with Crippen LogP contribution < -0.4 is 5.32 Å². The summed E-state index contributed by atoms with van der Waals surface area (Å²) >= 11 is 1.74. The molecule has 0 radical (unpaired) electrons. The number of hydrogen-bond donors (Lipinski definition) is 1. The van der Waals surface area contributed by atoms with Gasteiger partial charge in [-0.1, -0.05) is 0 Å². The second-order valence-corrected chi connectivity index (χ2v) is 6.75. The Morgan fingerprint density at radius 3 is 2.89 bits per heavy atom. The normalized spacial score (nSPS) is 37.8. The van der Waals surface area contributed by atoms with E-state index in [0.717, 1.165) is 37.4 Å². The van der Waals surface area contributed by atoms with E-state index in [0.29, 0.717) is 18.6 Å². The summed E-state index contributed by atoms with van der Waals surface area (Å²) in [5, 5.41) is 2.90. The number of carbonyl (C=O) groups is 2. The Hall–Kier alpha value is -0.750. The third kappa shape index (κ3) is 2.25. The van der Waals surface area contributed by atoms with Crippen LogP contribution in [0.5, 0.6) is 0 Å². The van der Waals surface area contributed by atoms with Gasteiger partial charge in [0.05, 0.1) is 6.10 Å². The van der Waals surface area contributed by atoms with Crippen LogP contribution in [0, 0.1) is 5.92 Å². The molecule has 2 heterocycles. The fraction of sp³-hybridized carbons (Fsp3) is 0.846. The number of nitrogens with zero attached hydrogens (tertiary/aromatic N) is 1. The van der Waals surface area contributed by atoms with Crippen LogP contribution in [0.2, 0.25) is 0 Å². The third-order valence-electron chi connectivity index (χ3n) is 4.30. The molecule has 0 aromatic rings. The van der Waals surface area contributed by atoms with E-state index in [9.17, 15) is 9.59 Å². The molecule has 2 aliphatic heterocycles. The molecule has 3 aliphatic rings. The van der Waals surface area contributed by atoms with Crippen LogP contribution in [0.25, 0.3) is 0 Å². The second-order valence-electron chi connectivity index (χ2n) is 5.65. The minimum Gasteiger partial charge on any atom is -0.378 e. The van der Waals surface area contributed by atoms with Gasteiger partial charge in [0.2, 0.25) is 0 Å². The Balaban J connectivity index is 1.57. The molecule has 6 heteroatoms. The molecule has 0 bridgehead atoms. The summed E-state index contributed by atoms with van der Waals surface area (Å²) < 4.78 is 5.51. The molecule has 2 saturated heterocycles. The topological polar surface area (TPSA) is 58.6 Å². The maximum atomic E-state index is 12.4. The van der Waals surface area contributed by atoms with E-state index in [1.165, 1.54) is 4.90 Å². The number of thioether (sulfide) groups is 1. The quantitative estimate of drug-likeness (QED) is 0.789. The van der Waals surface area contributed by atoms with Gasteiger partial charge in [0.25, 0.3) is 5.91 Å². The van der Waals surface area contributed by atoms with Crippen molar-refractivity contribution in [2.75, 3.05) is 24.7 Å². The van der Waals surface area contributed by atoms with Crippen molar-refractivity contribution in [1.29, 1.82) is 0 Å². The van der Waals surface area contributed by atoms with Gasteiger partial charge in [-0.05, 0) is 37.9 Å². The number of hydrogen-bond acceptors (Lipinski definition) is 4. The lowest BCUT2D eigenvalue weighted by Gasteiger charge is -2.36. The highest BCUT2D eigenvalue weighted by atomic mass is 32.2. The van der Waals surface area contributed by atoms with Gasteiger partial charge in [0.1, 0.15) is 5.54 Å². The van der Waals surface area contributed by atoms with Crippen LogP contribution in [-0.2, 0) is 9.53 Å². The number of urea groups is 1. The van der Waals surface area contributed by atoms with Crippen LogP contribution in [0.4, 0.5) is 4.79 Å². The molecule has 1 saturated carbocycles. The van der Waals surface area contributed by atoms with Crippen LogP contribution in [0.3, 0.4) is 0 Å². The maximum Gasteiger partial charge on any atom is 0.325 e. The Morgan fingerprint density at radius 2 is 2.26 bits per heavy atom. The summed E-state index contributed by atoms with van der Waals surface area (Å²) in [5.41, 5.74) is -0.592. The zero-order chi connectivity index (χ0) is 13.5. The lowest BCUT2D eigenvalue weighted by Crippen LogP contribution is -2.47. The Bertz CT molecular complexity index is 389. The first-order chi connectivity index (χ1) is 9.14. The second kappa shape index (κ2) is 4.98. The monoisotopic (exact) mass is 284 g/mol. The number of nitrogens with one attached hydrogen (secondary N) is 1. The summed E-state index contributed by atoms with van der Waals surface area (Å²) in [6.07, 6.45) is 3.02. The standard InChI is InChI=1S/C13H20N2O3S/c1-2-18-10-5-9(6-10)7-15-11(16)13(14-12(15)17)3-4-19-8-13/h9-10H,2-8H2,1H3,(H,14,17). The molecule has 1 N–H and O–H groups in total. The van der Waals surface area contributed by atoms with Crippen LogP contribution in [-0.4, -0.2) is 53.1 Å². The molecule has 1 spiro atoms. The SMILES string of the molecule is CCOC1CC(CN2C(=O)NC3(CCSC3)C2=O)C1. The van der Waals surface area contributed by atoms with Crippen molar-refractivity contribution in [3.8, 4) is 0 Å². The number of rotatable bonds is 4. The molecular formula is C13H20N2O3S. The summed E-state index contributed by atoms with van der Waals surface area (Å²) in [6.45, 7) is 3.29. The molecule has 0 aromatic carbocycles. The maximum absolute atomic E-state index is 12.4. The first-order valence-corrected chi connectivity index (χ1v) is 8.13. The van der Waals surface area contributed by atoms with Crippen LogP contribution in [0.1, 0.15) is 26.2 Å². The Morgan fingerprint density at radius 1 is 1.47 bits per heavy atom. The molecule has 1 unspecified atom stereocenters. The van der Waals surface area contributed by atoms with E-state index in [2.05, 4.69) is 5.32 Å². The fourth-order valence-electron chi connectivity index (χ4n) is 3.13. The molecule has 0 aromatic heterocycles. The van der Waals surface area contributed by atoms with Crippen molar-refractivity contribution in [1.82, 2.24) is 10.2 Å². The average molecular weight is 284 g/mol. The van der Waals surface area contributed by atoms with E-state index < -0.39 is 5.54 Å². The zero-order valence-corrected chi connectivity index (χ0v) is 12.0. The summed E-state index contributed by atoms with van der Waals surface area (Å²) in [7, 11) is 0. The zero-order valence-electron chi connectivity index (χ0n) is 11.2. The van der Waals surface area contributed by atoms with Crippen molar-refractivity contribution < 1.29 is 14.3 Å². The minimum absolute atomic E-state index is 0.0117. The van der Waals surface area contributed by atoms with E-state index in [4.69, 9.17) is 4.74 Å².